The molecule has 6 nitrogen and oxygen atoms in total. The highest BCUT2D eigenvalue weighted by Gasteiger charge is 2.48. The summed E-state index contributed by atoms with van der Waals surface area (Å²) in [5, 5.41) is 18.7. The normalized spacial score (nSPS) is 17.4. The molecule has 1 spiro atoms. The Balaban J connectivity index is 1.37. The fourth-order valence-corrected chi connectivity index (χ4v) is 7.60. The van der Waals surface area contributed by atoms with Gasteiger partial charge in [-0.15, -0.1) is 0 Å². The summed E-state index contributed by atoms with van der Waals surface area (Å²) in [6.45, 7) is 0.401. The van der Waals surface area contributed by atoms with Crippen LogP contribution in [0.1, 0.15) is 98.3 Å². The lowest BCUT2D eigenvalue weighted by atomic mass is 9.74. The van der Waals surface area contributed by atoms with E-state index in [1.165, 1.54) is 53.1 Å². The van der Waals surface area contributed by atoms with Crippen LogP contribution in [-0.2, 0) is 16.0 Å². The highest BCUT2D eigenvalue weighted by atomic mass is 19.1. The van der Waals surface area contributed by atoms with Crippen LogP contribution in [0.4, 0.5) is 8.78 Å². The summed E-state index contributed by atoms with van der Waals surface area (Å²) in [4.78, 5) is 24.4. The highest BCUT2D eigenvalue weighted by molar-refractivity contribution is 5.94. The molecule has 1 saturated carbocycles. The van der Waals surface area contributed by atoms with Gasteiger partial charge in [0.05, 0.1) is 6.08 Å². The van der Waals surface area contributed by atoms with Gasteiger partial charge in [0.2, 0.25) is 0 Å². The average molecular weight is 632 g/mol. The Morgan fingerprint density at radius 2 is 1.57 bits per heavy atom. The van der Waals surface area contributed by atoms with Crippen LogP contribution >= 0.6 is 0 Å². The first-order valence-corrected chi connectivity index (χ1v) is 16.4. The zero-order valence-electron chi connectivity index (χ0n) is 26.4. The SMILES string of the molecule is CN(CCCC1c2c(CCCC(c3cccc(F)c3)c3cccc(F)c3)cccc2OC12CCCCCC2)/C(=C\C(=O)O)C(=O)O. The van der Waals surface area contributed by atoms with Crippen molar-refractivity contribution in [3.63, 3.8) is 0 Å². The summed E-state index contributed by atoms with van der Waals surface area (Å²) in [6, 6.07) is 19.4. The summed E-state index contributed by atoms with van der Waals surface area (Å²) < 4.78 is 35.4. The first kappa shape index (κ1) is 33.2. The van der Waals surface area contributed by atoms with Gasteiger partial charge in [-0.05, 0) is 105 Å². The molecule has 0 aromatic heterocycles. The first-order chi connectivity index (χ1) is 22.2. The van der Waals surface area contributed by atoms with Crippen LogP contribution in [0.15, 0.2) is 78.5 Å². The van der Waals surface area contributed by atoms with Gasteiger partial charge in [0.25, 0.3) is 0 Å². The number of rotatable bonds is 13. The van der Waals surface area contributed by atoms with Crippen LogP contribution in [0.5, 0.6) is 5.75 Å². The number of aryl methyl sites for hydroxylation is 1. The third-order valence-electron chi connectivity index (χ3n) is 9.72. The van der Waals surface area contributed by atoms with E-state index in [9.17, 15) is 23.5 Å². The van der Waals surface area contributed by atoms with E-state index in [1.54, 1.807) is 19.2 Å². The highest BCUT2D eigenvalue weighted by Crippen LogP contribution is 2.54. The van der Waals surface area contributed by atoms with Gasteiger partial charge in [0, 0.05) is 31.0 Å². The molecule has 3 aromatic carbocycles. The van der Waals surface area contributed by atoms with E-state index in [2.05, 4.69) is 12.1 Å². The maximum Gasteiger partial charge on any atom is 0.352 e. The Morgan fingerprint density at radius 3 is 2.15 bits per heavy atom. The number of aliphatic carboxylic acids is 2. The van der Waals surface area contributed by atoms with E-state index in [0.717, 1.165) is 67.9 Å². The van der Waals surface area contributed by atoms with E-state index >= 15 is 0 Å². The Morgan fingerprint density at radius 1 is 0.935 bits per heavy atom. The molecule has 0 saturated heterocycles. The number of likely N-dealkylation sites (N-methyl/N-ethyl adjacent to an activating group) is 1. The van der Waals surface area contributed by atoms with Crippen LogP contribution in [0.2, 0.25) is 0 Å². The van der Waals surface area contributed by atoms with Gasteiger partial charge >= 0.3 is 11.9 Å². The third-order valence-corrected chi connectivity index (χ3v) is 9.72. The second kappa shape index (κ2) is 14.9. The number of carboxylic acid groups (broad SMARTS) is 2. The van der Waals surface area contributed by atoms with E-state index in [4.69, 9.17) is 9.84 Å². The number of nitrogens with zero attached hydrogens (tertiary/aromatic N) is 1. The molecular weight excluding hydrogens is 588 g/mol. The Hall–Kier alpha value is -4.20. The number of benzene rings is 3. The average Bonchev–Trinajstić information content (AvgIpc) is 3.14. The number of ether oxygens (including phenoxy) is 1. The fourth-order valence-electron chi connectivity index (χ4n) is 7.60. The van der Waals surface area contributed by atoms with Crippen LogP contribution in [0, 0.1) is 11.6 Å². The van der Waals surface area contributed by atoms with Gasteiger partial charge in [-0.2, -0.15) is 0 Å². The Labute approximate surface area is 269 Å². The van der Waals surface area contributed by atoms with Crippen LogP contribution in [0.3, 0.4) is 0 Å². The molecule has 1 heterocycles. The Bertz CT molecular complexity index is 1520. The minimum Gasteiger partial charge on any atom is -0.486 e. The van der Waals surface area contributed by atoms with Crippen molar-refractivity contribution >= 4 is 11.9 Å². The molecule has 244 valence electrons. The lowest BCUT2D eigenvalue weighted by Gasteiger charge is -2.35. The number of hydrogen-bond acceptors (Lipinski definition) is 4. The molecule has 3 aromatic rings. The molecule has 46 heavy (non-hydrogen) atoms. The number of halogens is 2. The van der Waals surface area contributed by atoms with Crippen molar-refractivity contribution in [1.82, 2.24) is 4.90 Å². The van der Waals surface area contributed by atoms with Crippen LogP contribution in [-0.4, -0.2) is 46.2 Å². The molecule has 5 rings (SSSR count). The monoisotopic (exact) mass is 631 g/mol. The lowest BCUT2D eigenvalue weighted by molar-refractivity contribution is -0.136. The molecule has 2 N–H and O–H groups in total. The van der Waals surface area contributed by atoms with E-state index in [0.29, 0.717) is 19.4 Å². The summed E-state index contributed by atoms with van der Waals surface area (Å²) >= 11 is 0. The summed E-state index contributed by atoms with van der Waals surface area (Å²) in [6.07, 6.45) is 10.9. The predicted molar refractivity (Wildman–Crippen MR) is 173 cm³/mol. The van der Waals surface area contributed by atoms with Crippen molar-refractivity contribution in [2.45, 2.75) is 88.1 Å². The topological polar surface area (TPSA) is 87.1 Å². The van der Waals surface area contributed by atoms with Crippen molar-refractivity contribution in [2.24, 2.45) is 0 Å². The van der Waals surface area contributed by atoms with Gasteiger partial charge in [-0.25, -0.2) is 18.4 Å². The molecule has 1 aliphatic carbocycles. The maximum atomic E-state index is 14.2. The molecule has 1 unspecified atom stereocenters. The van der Waals surface area contributed by atoms with Crippen molar-refractivity contribution < 1.29 is 33.3 Å². The second-order valence-electron chi connectivity index (χ2n) is 12.8. The zero-order chi connectivity index (χ0) is 32.7. The number of carboxylic acids is 2. The van der Waals surface area contributed by atoms with Crippen molar-refractivity contribution in [3.05, 3.63) is 112 Å². The molecule has 1 fully saturated rings. The van der Waals surface area contributed by atoms with E-state index in [1.807, 2.05) is 18.2 Å². The van der Waals surface area contributed by atoms with Gasteiger partial charge in [0.1, 0.15) is 28.7 Å². The molecule has 8 heteroatoms. The fraction of sp³-hybridized carbons (Fsp3) is 0.421. The summed E-state index contributed by atoms with van der Waals surface area (Å²) in [7, 11) is 1.61. The second-order valence-corrected chi connectivity index (χ2v) is 12.8. The first-order valence-electron chi connectivity index (χ1n) is 16.4. The molecule has 1 atom stereocenters. The quantitative estimate of drug-likeness (QED) is 0.184. The molecule has 0 bridgehead atoms. The maximum absolute atomic E-state index is 14.2. The predicted octanol–water partition coefficient (Wildman–Crippen LogP) is 8.45. The zero-order valence-corrected chi connectivity index (χ0v) is 26.4. The summed E-state index contributed by atoms with van der Waals surface area (Å²) in [5.74, 6) is -2.29. The van der Waals surface area contributed by atoms with E-state index < -0.39 is 11.9 Å². The minimum atomic E-state index is -1.29. The molecule has 2 aliphatic rings. The molecule has 0 amide bonds. The van der Waals surface area contributed by atoms with Crippen molar-refractivity contribution in [3.8, 4) is 5.75 Å². The standard InChI is InChI=1S/C38H43F2NO5/c1-41(33(37(44)45)25-35(42)43)22-10-18-32-36-26(12-9-19-34(36)46-38(32)20-4-2-3-5-21-38)11-8-17-31(27-13-6-15-29(39)23-27)28-14-7-16-30(40)24-28/h6-7,9,12-16,19,23-25,31-32H,2-5,8,10-11,17-18,20-22H2,1H3,(H,42,43)(H,44,45)/b33-25-. The van der Waals surface area contributed by atoms with Crippen LogP contribution in [0.25, 0.3) is 0 Å². The van der Waals surface area contributed by atoms with Gasteiger partial charge in [-0.3, -0.25) is 0 Å². The third kappa shape index (κ3) is 7.77. The summed E-state index contributed by atoms with van der Waals surface area (Å²) in [5.41, 5.74) is 3.53. The van der Waals surface area contributed by atoms with Gasteiger partial charge < -0.3 is 19.8 Å². The largest absolute Gasteiger partial charge is 0.486 e. The number of hydrogen-bond donors (Lipinski definition) is 2. The number of carbonyl (C=O) groups is 2. The van der Waals surface area contributed by atoms with Crippen molar-refractivity contribution in [2.75, 3.05) is 13.6 Å². The smallest absolute Gasteiger partial charge is 0.352 e. The minimum absolute atomic E-state index is 0.129. The van der Waals surface area contributed by atoms with Gasteiger partial charge in [0.15, 0.2) is 0 Å². The van der Waals surface area contributed by atoms with E-state index in [-0.39, 0.29) is 34.8 Å². The van der Waals surface area contributed by atoms with Gasteiger partial charge in [-0.1, -0.05) is 49.2 Å². The molecule has 0 radical (unpaired) electrons. The lowest BCUT2D eigenvalue weighted by Crippen LogP contribution is -2.38. The van der Waals surface area contributed by atoms with Crippen molar-refractivity contribution in [1.29, 1.82) is 0 Å². The molecule has 1 aliphatic heterocycles. The van der Waals surface area contributed by atoms with Crippen LogP contribution < -0.4 is 4.74 Å². The number of fused-ring (bicyclic) bond motifs is 1. The molecular formula is C38H43F2NO5. The Kier molecular flexibility index (Phi) is 10.8.